The highest BCUT2D eigenvalue weighted by atomic mass is 16.5. The van der Waals surface area contributed by atoms with Crippen molar-refractivity contribution in [2.45, 2.75) is 39.5 Å². The fourth-order valence-corrected chi connectivity index (χ4v) is 4.58. The quantitative estimate of drug-likeness (QED) is 0.643. The highest BCUT2D eigenvalue weighted by Crippen LogP contribution is 2.38. The molecule has 2 aliphatic rings. The van der Waals surface area contributed by atoms with Crippen LogP contribution in [0.2, 0.25) is 0 Å². The molecule has 2 fully saturated rings. The van der Waals surface area contributed by atoms with E-state index in [1.54, 1.807) is 0 Å². The minimum Gasteiger partial charge on any atom is -0.466 e. The number of nitrogens with zero attached hydrogens (tertiary/aromatic N) is 2. The largest absolute Gasteiger partial charge is 0.466 e. The van der Waals surface area contributed by atoms with Gasteiger partial charge in [0, 0.05) is 31.2 Å². The first-order valence-corrected chi connectivity index (χ1v) is 11.1. The zero-order valence-corrected chi connectivity index (χ0v) is 18.1. The maximum atomic E-state index is 13.0. The first-order valence-electron chi connectivity index (χ1n) is 11.1. The number of likely N-dealkylation sites (tertiary alicyclic amines) is 1. The van der Waals surface area contributed by atoms with Crippen LogP contribution in [0.25, 0.3) is 11.3 Å². The van der Waals surface area contributed by atoms with E-state index in [9.17, 15) is 4.79 Å². The van der Waals surface area contributed by atoms with Crippen LogP contribution in [-0.4, -0.2) is 55.5 Å². The molecule has 2 saturated heterocycles. The van der Waals surface area contributed by atoms with E-state index in [1.807, 2.05) is 25.1 Å². The molecule has 0 N–H and O–H groups in total. The minimum absolute atomic E-state index is 0.109. The Labute approximate surface area is 178 Å². The van der Waals surface area contributed by atoms with E-state index in [1.165, 1.54) is 5.56 Å². The summed E-state index contributed by atoms with van der Waals surface area (Å²) < 4.78 is 16.7. The van der Waals surface area contributed by atoms with Gasteiger partial charge in [-0.3, -0.25) is 4.79 Å². The molecule has 0 aliphatic carbocycles. The maximum Gasteiger partial charge on any atom is 0.312 e. The lowest BCUT2D eigenvalue weighted by atomic mass is 9.74. The van der Waals surface area contributed by atoms with Gasteiger partial charge in [-0.2, -0.15) is 0 Å². The van der Waals surface area contributed by atoms with Crippen LogP contribution in [-0.2, 0) is 20.7 Å². The Morgan fingerprint density at radius 3 is 2.70 bits per heavy atom. The summed E-state index contributed by atoms with van der Waals surface area (Å²) >= 11 is 0. The molecule has 30 heavy (non-hydrogen) atoms. The van der Waals surface area contributed by atoms with Gasteiger partial charge in [0.15, 0.2) is 0 Å². The van der Waals surface area contributed by atoms with Crippen LogP contribution in [0, 0.1) is 18.3 Å². The zero-order chi connectivity index (χ0) is 21.0. The van der Waals surface area contributed by atoms with E-state index in [0.29, 0.717) is 18.9 Å². The summed E-state index contributed by atoms with van der Waals surface area (Å²) in [5.74, 6) is 1.25. The molecular weight excluding hydrogens is 380 g/mol. The van der Waals surface area contributed by atoms with Gasteiger partial charge in [0.1, 0.15) is 11.5 Å². The van der Waals surface area contributed by atoms with Crippen LogP contribution >= 0.6 is 0 Å². The van der Waals surface area contributed by atoms with Gasteiger partial charge < -0.3 is 18.9 Å². The van der Waals surface area contributed by atoms with Gasteiger partial charge in [-0.1, -0.05) is 35.0 Å². The molecule has 1 aromatic carbocycles. The van der Waals surface area contributed by atoms with Crippen LogP contribution in [0.1, 0.15) is 37.5 Å². The van der Waals surface area contributed by atoms with Crippen molar-refractivity contribution in [2.24, 2.45) is 11.3 Å². The van der Waals surface area contributed by atoms with Crippen LogP contribution in [0.3, 0.4) is 0 Å². The molecule has 2 aromatic rings. The number of carbonyl (C=O) groups is 1. The molecule has 1 atom stereocenters. The summed E-state index contributed by atoms with van der Waals surface area (Å²) in [6, 6.07) is 10.2. The predicted octanol–water partition coefficient (Wildman–Crippen LogP) is 3.87. The first-order chi connectivity index (χ1) is 14.6. The van der Waals surface area contributed by atoms with E-state index in [2.05, 4.69) is 29.1 Å². The fourth-order valence-electron chi connectivity index (χ4n) is 4.58. The minimum atomic E-state index is -0.539. The molecule has 1 unspecified atom stereocenters. The van der Waals surface area contributed by atoms with Gasteiger partial charge >= 0.3 is 5.97 Å². The van der Waals surface area contributed by atoms with Gasteiger partial charge in [-0.25, -0.2) is 0 Å². The molecule has 6 nitrogen and oxygen atoms in total. The Morgan fingerprint density at radius 2 is 2.03 bits per heavy atom. The maximum absolute atomic E-state index is 13.0. The average Bonchev–Trinajstić information content (AvgIpc) is 3.42. The number of hydrogen-bond donors (Lipinski definition) is 0. The van der Waals surface area contributed by atoms with Crippen molar-refractivity contribution >= 4 is 5.97 Å². The smallest absolute Gasteiger partial charge is 0.312 e. The number of benzene rings is 1. The van der Waals surface area contributed by atoms with Gasteiger partial charge in [0.25, 0.3) is 0 Å². The molecule has 2 aliphatic heterocycles. The zero-order valence-electron chi connectivity index (χ0n) is 18.1. The topological polar surface area (TPSA) is 64.8 Å². The lowest BCUT2D eigenvalue weighted by Crippen LogP contribution is -2.47. The third kappa shape index (κ3) is 4.76. The van der Waals surface area contributed by atoms with Crippen molar-refractivity contribution in [1.29, 1.82) is 0 Å². The molecule has 0 radical (unpaired) electrons. The van der Waals surface area contributed by atoms with Crippen molar-refractivity contribution in [3.8, 4) is 11.3 Å². The van der Waals surface area contributed by atoms with Gasteiger partial charge in [-0.05, 0) is 52.1 Å². The van der Waals surface area contributed by atoms with E-state index >= 15 is 0 Å². The molecule has 6 heteroatoms. The third-order valence-corrected chi connectivity index (χ3v) is 6.48. The van der Waals surface area contributed by atoms with Gasteiger partial charge in [-0.15, -0.1) is 0 Å². The lowest BCUT2D eigenvalue weighted by Gasteiger charge is -2.40. The number of esters is 1. The first kappa shape index (κ1) is 21.1. The number of carbonyl (C=O) groups excluding carboxylic acids is 1. The fraction of sp³-hybridized carbons (Fsp3) is 0.583. The van der Waals surface area contributed by atoms with Crippen molar-refractivity contribution in [3.05, 3.63) is 41.7 Å². The molecule has 4 rings (SSSR count). The van der Waals surface area contributed by atoms with Crippen LogP contribution in [0.5, 0.6) is 0 Å². The summed E-state index contributed by atoms with van der Waals surface area (Å²) in [6.07, 6.45) is 3.23. The summed E-state index contributed by atoms with van der Waals surface area (Å²) in [5, 5.41) is 4.25. The number of piperidine rings is 1. The van der Waals surface area contributed by atoms with E-state index in [0.717, 1.165) is 69.1 Å². The van der Waals surface area contributed by atoms with E-state index in [4.69, 9.17) is 14.0 Å². The third-order valence-electron chi connectivity index (χ3n) is 6.48. The molecule has 3 heterocycles. The van der Waals surface area contributed by atoms with Crippen molar-refractivity contribution < 1.29 is 18.8 Å². The number of ether oxygens (including phenoxy) is 2. The van der Waals surface area contributed by atoms with Gasteiger partial charge in [0.2, 0.25) is 0 Å². The van der Waals surface area contributed by atoms with Crippen LogP contribution in [0.4, 0.5) is 0 Å². The number of hydrogen-bond acceptors (Lipinski definition) is 6. The SMILES string of the molecule is CCOC(=O)C1(Cc2cc(-c3ccc(C)cc3)no2)CCN(CC2CCOC2)CC1. The molecule has 0 amide bonds. The number of aryl methyl sites for hydroxylation is 1. The van der Waals surface area contributed by atoms with Crippen LogP contribution in [0.15, 0.2) is 34.9 Å². The average molecular weight is 413 g/mol. The van der Waals surface area contributed by atoms with E-state index < -0.39 is 5.41 Å². The molecule has 0 spiro atoms. The van der Waals surface area contributed by atoms with E-state index in [-0.39, 0.29) is 5.97 Å². The highest BCUT2D eigenvalue weighted by Gasteiger charge is 2.44. The summed E-state index contributed by atoms with van der Waals surface area (Å²) in [5.41, 5.74) is 2.50. The van der Waals surface area contributed by atoms with Crippen LogP contribution < -0.4 is 0 Å². The lowest BCUT2D eigenvalue weighted by molar-refractivity contribution is -0.159. The van der Waals surface area contributed by atoms with Gasteiger partial charge in [0.05, 0.1) is 18.6 Å². The Kier molecular flexibility index (Phi) is 6.54. The second kappa shape index (κ2) is 9.31. The number of aromatic nitrogens is 1. The van der Waals surface area contributed by atoms with Crippen molar-refractivity contribution in [1.82, 2.24) is 10.1 Å². The summed E-state index contributed by atoms with van der Waals surface area (Å²) in [6.45, 7) is 8.91. The second-order valence-electron chi connectivity index (χ2n) is 8.75. The Morgan fingerprint density at radius 1 is 1.27 bits per heavy atom. The standard InChI is InChI=1S/C24H32N2O4/c1-3-29-23(27)24(9-11-26(12-10-24)16-19-8-13-28-17-19)15-21-14-22(25-30-21)20-6-4-18(2)5-7-20/h4-7,14,19H,3,8-13,15-17H2,1-2H3. The predicted molar refractivity (Wildman–Crippen MR) is 114 cm³/mol. The normalized spacial score (nSPS) is 21.6. The monoisotopic (exact) mass is 412 g/mol. The van der Waals surface area contributed by atoms with Crippen molar-refractivity contribution in [3.63, 3.8) is 0 Å². The Bertz CT molecular complexity index is 831. The molecule has 162 valence electrons. The number of rotatable bonds is 7. The summed E-state index contributed by atoms with van der Waals surface area (Å²) in [4.78, 5) is 15.4. The molecule has 0 saturated carbocycles. The molecule has 1 aromatic heterocycles. The molecule has 0 bridgehead atoms. The highest BCUT2D eigenvalue weighted by molar-refractivity contribution is 5.77. The Hall–Kier alpha value is -2.18. The molecular formula is C24H32N2O4. The summed E-state index contributed by atoms with van der Waals surface area (Å²) in [7, 11) is 0. The second-order valence-corrected chi connectivity index (χ2v) is 8.75. The van der Waals surface area contributed by atoms with Crippen molar-refractivity contribution in [2.75, 3.05) is 39.5 Å². The Balaban J connectivity index is 1.45.